The number of hydrogen-bond acceptors (Lipinski definition) is 3. The molecular formula is C19H19FN4O. The minimum absolute atomic E-state index is 0.193. The van der Waals surface area contributed by atoms with Crippen molar-refractivity contribution in [2.45, 2.75) is 19.4 Å². The first-order valence-electron chi connectivity index (χ1n) is 8.10. The smallest absolute Gasteiger partial charge is 0.273 e. The zero-order valence-corrected chi connectivity index (χ0v) is 13.9. The molecule has 0 saturated heterocycles. The third-order valence-corrected chi connectivity index (χ3v) is 4.00. The molecule has 1 aromatic heterocycles. The van der Waals surface area contributed by atoms with Gasteiger partial charge in [-0.3, -0.25) is 4.79 Å². The van der Waals surface area contributed by atoms with Crippen molar-refractivity contribution in [3.63, 3.8) is 0 Å². The van der Waals surface area contributed by atoms with Crippen LogP contribution in [0.15, 0.2) is 60.8 Å². The Morgan fingerprint density at radius 2 is 1.88 bits per heavy atom. The second-order valence-corrected chi connectivity index (χ2v) is 5.91. The normalized spacial score (nSPS) is 11.9. The van der Waals surface area contributed by atoms with Crippen LogP contribution in [0.1, 0.15) is 34.5 Å². The lowest BCUT2D eigenvalue weighted by Gasteiger charge is -2.12. The van der Waals surface area contributed by atoms with Crippen LogP contribution in [0.4, 0.5) is 4.39 Å². The minimum atomic E-state index is -0.305. The number of nitrogens with zero attached hydrogens (tertiary/aromatic N) is 3. The van der Waals surface area contributed by atoms with E-state index in [4.69, 9.17) is 0 Å². The summed E-state index contributed by atoms with van der Waals surface area (Å²) in [6, 6.07) is 16.4. The lowest BCUT2D eigenvalue weighted by molar-refractivity contribution is 0.0946. The van der Waals surface area contributed by atoms with Gasteiger partial charge in [-0.25, -0.2) is 9.07 Å². The summed E-state index contributed by atoms with van der Waals surface area (Å²) in [6.45, 7) is 2.78. The average molecular weight is 338 g/mol. The zero-order valence-electron chi connectivity index (χ0n) is 13.9. The van der Waals surface area contributed by atoms with Crippen LogP contribution < -0.4 is 5.32 Å². The van der Waals surface area contributed by atoms with E-state index in [0.717, 1.165) is 5.56 Å². The van der Waals surface area contributed by atoms with Crippen molar-refractivity contribution in [1.29, 1.82) is 0 Å². The van der Waals surface area contributed by atoms with E-state index in [2.05, 4.69) is 15.6 Å². The first kappa shape index (κ1) is 16.8. The van der Waals surface area contributed by atoms with Crippen molar-refractivity contribution >= 4 is 5.91 Å². The van der Waals surface area contributed by atoms with Gasteiger partial charge in [0.2, 0.25) is 0 Å². The summed E-state index contributed by atoms with van der Waals surface area (Å²) >= 11 is 0. The molecule has 3 aromatic rings. The Balaban J connectivity index is 1.58. The van der Waals surface area contributed by atoms with Gasteiger partial charge in [0.05, 0.1) is 12.7 Å². The maximum absolute atomic E-state index is 13.7. The van der Waals surface area contributed by atoms with E-state index in [-0.39, 0.29) is 29.9 Å². The van der Waals surface area contributed by atoms with Gasteiger partial charge in [-0.15, -0.1) is 5.10 Å². The molecular weight excluding hydrogens is 319 g/mol. The van der Waals surface area contributed by atoms with Gasteiger partial charge < -0.3 is 5.32 Å². The van der Waals surface area contributed by atoms with Gasteiger partial charge in [0.25, 0.3) is 5.91 Å². The van der Waals surface area contributed by atoms with Crippen LogP contribution in [-0.4, -0.2) is 27.4 Å². The Bertz CT molecular complexity index is 847. The molecule has 0 aliphatic rings. The maximum atomic E-state index is 13.7. The summed E-state index contributed by atoms with van der Waals surface area (Å²) in [7, 11) is 0. The number of carbonyl (C=O) groups is 1. The Morgan fingerprint density at radius 1 is 1.16 bits per heavy atom. The second-order valence-electron chi connectivity index (χ2n) is 5.91. The molecule has 1 N–H and O–H groups in total. The molecule has 0 unspecified atom stereocenters. The maximum Gasteiger partial charge on any atom is 0.273 e. The monoisotopic (exact) mass is 338 g/mol. The number of hydrogen-bond donors (Lipinski definition) is 1. The van der Waals surface area contributed by atoms with E-state index in [1.165, 1.54) is 16.9 Å². The summed E-state index contributed by atoms with van der Waals surface area (Å²) in [6.07, 6.45) is 1.52. The van der Waals surface area contributed by atoms with Gasteiger partial charge in [-0.2, -0.15) is 0 Å². The van der Waals surface area contributed by atoms with Crippen molar-refractivity contribution in [3.05, 3.63) is 83.4 Å². The van der Waals surface area contributed by atoms with E-state index < -0.39 is 0 Å². The van der Waals surface area contributed by atoms with Gasteiger partial charge in [0, 0.05) is 12.1 Å². The lowest BCUT2D eigenvalue weighted by atomic mass is 10.0. The molecule has 1 heterocycles. The van der Waals surface area contributed by atoms with Crippen molar-refractivity contribution in [1.82, 2.24) is 20.3 Å². The van der Waals surface area contributed by atoms with Gasteiger partial charge >= 0.3 is 0 Å². The van der Waals surface area contributed by atoms with Crippen LogP contribution >= 0.6 is 0 Å². The predicted octanol–water partition coefficient (Wildman–Crippen LogP) is 3.00. The largest absolute Gasteiger partial charge is 0.350 e. The molecule has 6 heteroatoms. The molecule has 5 nitrogen and oxygen atoms in total. The summed E-state index contributed by atoms with van der Waals surface area (Å²) in [5, 5.41) is 10.6. The summed E-state index contributed by atoms with van der Waals surface area (Å²) in [5.41, 5.74) is 1.87. The third-order valence-electron chi connectivity index (χ3n) is 4.00. The Hall–Kier alpha value is -3.02. The molecule has 25 heavy (non-hydrogen) atoms. The number of nitrogens with one attached hydrogen (secondary N) is 1. The van der Waals surface area contributed by atoms with Crippen LogP contribution in [0.2, 0.25) is 0 Å². The molecule has 0 aliphatic heterocycles. The second kappa shape index (κ2) is 7.70. The number of halogens is 1. The van der Waals surface area contributed by atoms with Crippen LogP contribution in [-0.2, 0) is 6.54 Å². The molecule has 0 aliphatic carbocycles. The first-order valence-corrected chi connectivity index (χ1v) is 8.10. The van der Waals surface area contributed by atoms with E-state index in [1.807, 2.05) is 37.3 Å². The summed E-state index contributed by atoms with van der Waals surface area (Å²) in [4.78, 5) is 12.2. The standard InChI is InChI=1S/C19H19FN4O/c1-14(15-7-3-2-4-8-15)11-21-19(25)18-13-24(23-22-18)12-16-9-5-6-10-17(16)20/h2-10,13-14H,11-12H2,1H3,(H,21,25)/t14-/m1/s1. The minimum Gasteiger partial charge on any atom is -0.350 e. The van der Waals surface area contributed by atoms with E-state index in [9.17, 15) is 9.18 Å². The highest BCUT2D eigenvalue weighted by Gasteiger charge is 2.13. The molecule has 0 bridgehead atoms. The molecule has 1 amide bonds. The lowest BCUT2D eigenvalue weighted by Crippen LogP contribution is -2.27. The van der Waals surface area contributed by atoms with Gasteiger partial charge in [0.15, 0.2) is 5.69 Å². The van der Waals surface area contributed by atoms with Crippen LogP contribution in [0.3, 0.4) is 0 Å². The van der Waals surface area contributed by atoms with Crippen molar-refractivity contribution < 1.29 is 9.18 Å². The highest BCUT2D eigenvalue weighted by molar-refractivity contribution is 5.91. The Labute approximate surface area is 145 Å². The van der Waals surface area contributed by atoms with E-state index in [0.29, 0.717) is 12.1 Å². The first-order chi connectivity index (χ1) is 12.1. The fourth-order valence-corrected chi connectivity index (χ4v) is 2.52. The van der Waals surface area contributed by atoms with Crippen LogP contribution in [0.5, 0.6) is 0 Å². The highest BCUT2D eigenvalue weighted by atomic mass is 19.1. The van der Waals surface area contributed by atoms with Crippen LogP contribution in [0.25, 0.3) is 0 Å². The SMILES string of the molecule is C[C@H](CNC(=O)c1cn(Cc2ccccc2F)nn1)c1ccccc1. The number of rotatable bonds is 6. The predicted molar refractivity (Wildman–Crippen MR) is 92.7 cm³/mol. The molecule has 1 atom stereocenters. The number of amides is 1. The molecule has 0 saturated carbocycles. The summed E-state index contributed by atoms with van der Waals surface area (Å²) < 4.78 is 15.1. The summed E-state index contributed by atoms with van der Waals surface area (Å²) in [5.74, 6) is -0.401. The van der Waals surface area contributed by atoms with Crippen molar-refractivity contribution in [2.24, 2.45) is 0 Å². The number of benzene rings is 2. The van der Waals surface area contributed by atoms with Crippen molar-refractivity contribution in [3.8, 4) is 0 Å². The number of aromatic nitrogens is 3. The molecule has 0 fully saturated rings. The molecule has 2 aromatic carbocycles. The van der Waals surface area contributed by atoms with Gasteiger partial charge in [0.1, 0.15) is 5.82 Å². The van der Waals surface area contributed by atoms with Crippen LogP contribution in [0, 0.1) is 5.82 Å². The highest BCUT2D eigenvalue weighted by Crippen LogP contribution is 2.13. The molecule has 128 valence electrons. The Morgan fingerprint density at radius 3 is 2.64 bits per heavy atom. The van der Waals surface area contributed by atoms with Crippen molar-refractivity contribution in [2.75, 3.05) is 6.54 Å². The molecule has 0 spiro atoms. The average Bonchev–Trinajstić information content (AvgIpc) is 3.11. The molecule has 3 rings (SSSR count). The van der Waals surface area contributed by atoms with E-state index >= 15 is 0 Å². The van der Waals surface area contributed by atoms with E-state index in [1.54, 1.807) is 18.2 Å². The third kappa shape index (κ3) is 4.29. The Kier molecular flexibility index (Phi) is 5.18. The topological polar surface area (TPSA) is 59.8 Å². The number of carbonyl (C=O) groups excluding carboxylic acids is 1. The van der Waals surface area contributed by atoms with Gasteiger partial charge in [-0.05, 0) is 17.5 Å². The van der Waals surface area contributed by atoms with Gasteiger partial charge in [-0.1, -0.05) is 60.7 Å². The quantitative estimate of drug-likeness (QED) is 0.752. The fraction of sp³-hybridized carbons (Fsp3) is 0.211. The fourth-order valence-electron chi connectivity index (χ4n) is 2.52. The zero-order chi connectivity index (χ0) is 17.6. The molecule has 0 radical (unpaired) electrons.